The van der Waals surface area contributed by atoms with E-state index in [1.807, 2.05) is 0 Å². The summed E-state index contributed by atoms with van der Waals surface area (Å²) in [6, 6.07) is -1.04. The molecule has 5 nitrogen and oxygen atoms in total. The van der Waals surface area contributed by atoms with E-state index < -0.39 is 17.9 Å². The average molecular weight is 185 g/mol. The maximum absolute atomic E-state index is 10.5. The molecule has 0 aromatic rings. The molecule has 0 heterocycles. The molecule has 0 aliphatic heterocycles. The van der Waals surface area contributed by atoms with Crippen molar-refractivity contribution >= 4 is 11.9 Å². The second-order valence-corrected chi connectivity index (χ2v) is 2.31. The van der Waals surface area contributed by atoms with Crippen molar-refractivity contribution in [2.24, 2.45) is 0 Å². The van der Waals surface area contributed by atoms with Crippen LogP contribution in [0.5, 0.6) is 0 Å². The summed E-state index contributed by atoms with van der Waals surface area (Å²) in [4.78, 5) is 21.0. The molecule has 72 valence electrons. The summed E-state index contributed by atoms with van der Waals surface area (Å²) in [5.74, 6) is 0.622. The van der Waals surface area contributed by atoms with Gasteiger partial charge in [-0.3, -0.25) is 4.79 Å². The molecule has 1 atom stereocenters. The third-order valence-electron chi connectivity index (χ3n) is 1.15. The summed E-state index contributed by atoms with van der Waals surface area (Å²) < 4.78 is 4.78. The SMILES string of the molecule is C#CCOC[C@@H](NC(C)=O)C(=O)O. The number of rotatable bonds is 5. The van der Waals surface area contributed by atoms with Gasteiger partial charge < -0.3 is 15.2 Å². The van der Waals surface area contributed by atoms with Gasteiger partial charge in [0.1, 0.15) is 6.61 Å². The minimum absolute atomic E-state index is 0.0311. The van der Waals surface area contributed by atoms with Gasteiger partial charge in [-0.05, 0) is 0 Å². The molecule has 0 aliphatic carbocycles. The van der Waals surface area contributed by atoms with E-state index in [9.17, 15) is 9.59 Å². The van der Waals surface area contributed by atoms with Crippen LogP contribution in [0.3, 0.4) is 0 Å². The Morgan fingerprint density at radius 3 is 2.69 bits per heavy atom. The van der Waals surface area contributed by atoms with Crippen LogP contribution in [0.1, 0.15) is 6.92 Å². The van der Waals surface area contributed by atoms with E-state index in [1.54, 1.807) is 0 Å². The number of carbonyl (C=O) groups excluding carboxylic acids is 1. The van der Waals surface area contributed by atoms with Crippen LogP contribution in [0.4, 0.5) is 0 Å². The zero-order chi connectivity index (χ0) is 10.3. The molecule has 0 radical (unpaired) electrons. The van der Waals surface area contributed by atoms with E-state index >= 15 is 0 Å². The minimum atomic E-state index is -1.15. The Morgan fingerprint density at radius 1 is 1.69 bits per heavy atom. The van der Waals surface area contributed by atoms with Gasteiger partial charge in [0.15, 0.2) is 6.04 Å². The van der Waals surface area contributed by atoms with Gasteiger partial charge in [0, 0.05) is 6.92 Å². The zero-order valence-electron chi connectivity index (χ0n) is 7.24. The van der Waals surface area contributed by atoms with Crippen LogP contribution in [0.25, 0.3) is 0 Å². The fourth-order valence-corrected chi connectivity index (χ4v) is 0.656. The van der Waals surface area contributed by atoms with E-state index in [1.165, 1.54) is 6.92 Å². The van der Waals surface area contributed by atoms with Crippen LogP contribution in [0, 0.1) is 12.3 Å². The van der Waals surface area contributed by atoms with Crippen molar-refractivity contribution < 1.29 is 19.4 Å². The van der Waals surface area contributed by atoms with E-state index in [0.29, 0.717) is 0 Å². The van der Waals surface area contributed by atoms with Gasteiger partial charge in [-0.2, -0.15) is 0 Å². The third kappa shape index (κ3) is 5.70. The fraction of sp³-hybridized carbons (Fsp3) is 0.500. The molecule has 0 bridgehead atoms. The summed E-state index contributed by atoms with van der Waals surface area (Å²) in [5.41, 5.74) is 0. The molecule has 0 aromatic heterocycles. The number of carboxylic acid groups (broad SMARTS) is 1. The lowest BCUT2D eigenvalue weighted by Gasteiger charge is -2.11. The molecule has 2 N–H and O–H groups in total. The standard InChI is InChI=1S/C8H11NO4/c1-3-4-13-5-7(8(11)12)9-6(2)10/h1,7H,4-5H2,2H3,(H,9,10)(H,11,12)/t7-/m1/s1. The molecule has 0 saturated heterocycles. The molecular formula is C8H11NO4. The van der Waals surface area contributed by atoms with Crippen LogP contribution in [0.2, 0.25) is 0 Å². The number of carbonyl (C=O) groups is 2. The van der Waals surface area contributed by atoms with Crippen LogP contribution >= 0.6 is 0 Å². The van der Waals surface area contributed by atoms with Gasteiger partial charge in [0.05, 0.1) is 6.61 Å². The predicted octanol–water partition coefficient (Wildman–Crippen LogP) is -0.774. The number of ether oxygens (including phenoxy) is 1. The average Bonchev–Trinajstić information content (AvgIpc) is 2.02. The highest BCUT2D eigenvalue weighted by atomic mass is 16.5. The van der Waals surface area contributed by atoms with E-state index in [0.717, 1.165) is 0 Å². The molecule has 0 saturated carbocycles. The Kier molecular flexibility index (Phi) is 5.32. The van der Waals surface area contributed by atoms with Crippen molar-refractivity contribution in [1.82, 2.24) is 5.32 Å². The summed E-state index contributed by atoms with van der Waals surface area (Å²) in [6.45, 7) is 1.14. The van der Waals surface area contributed by atoms with E-state index in [2.05, 4.69) is 11.2 Å². The van der Waals surface area contributed by atoms with Crippen molar-refractivity contribution in [2.75, 3.05) is 13.2 Å². The van der Waals surface area contributed by atoms with Crippen molar-refractivity contribution in [2.45, 2.75) is 13.0 Å². The van der Waals surface area contributed by atoms with Gasteiger partial charge in [0.25, 0.3) is 0 Å². The molecule has 0 rings (SSSR count). The smallest absolute Gasteiger partial charge is 0.328 e. The first-order valence-corrected chi connectivity index (χ1v) is 3.59. The number of amides is 1. The number of terminal acetylenes is 1. The Balaban J connectivity index is 3.89. The third-order valence-corrected chi connectivity index (χ3v) is 1.15. The Bertz CT molecular complexity index is 231. The van der Waals surface area contributed by atoms with Crippen molar-refractivity contribution in [1.29, 1.82) is 0 Å². The number of carboxylic acids is 1. The number of hydrogen-bond donors (Lipinski definition) is 2. The minimum Gasteiger partial charge on any atom is -0.480 e. The Labute approximate surface area is 76.1 Å². The summed E-state index contributed by atoms with van der Waals surface area (Å²) in [6.07, 6.45) is 4.88. The molecule has 0 unspecified atom stereocenters. The zero-order valence-corrected chi connectivity index (χ0v) is 7.24. The molecule has 13 heavy (non-hydrogen) atoms. The number of nitrogens with one attached hydrogen (secondary N) is 1. The maximum Gasteiger partial charge on any atom is 0.328 e. The summed E-state index contributed by atoms with van der Waals surface area (Å²) in [7, 11) is 0. The second-order valence-electron chi connectivity index (χ2n) is 2.31. The van der Waals surface area contributed by atoms with Crippen LogP contribution in [0.15, 0.2) is 0 Å². The Morgan fingerprint density at radius 2 is 2.31 bits per heavy atom. The molecule has 1 amide bonds. The van der Waals surface area contributed by atoms with Crippen molar-refractivity contribution in [3.63, 3.8) is 0 Å². The fourth-order valence-electron chi connectivity index (χ4n) is 0.656. The molecule has 5 heteroatoms. The maximum atomic E-state index is 10.5. The lowest BCUT2D eigenvalue weighted by atomic mass is 10.3. The molecule has 0 fully saturated rings. The van der Waals surface area contributed by atoms with E-state index in [4.69, 9.17) is 16.3 Å². The molecular weight excluding hydrogens is 174 g/mol. The highest BCUT2D eigenvalue weighted by Gasteiger charge is 2.17. The van der Waals surface area contributed by atoms with Gasteiger partial charge in [-0.15, -0.1) is 6.42 Å². The monoisotopic (exact) mass is 185 g/mol. The highest BCUT2D eigenvalue weighted by Crippen LogP contribution is 1.86. The van der Waals surface area contributed by atoms with E-state index in [-0.39, 0.29) is 13.2 Å². The quantitative estimate of drug-likeness (QED) is 0.435. The number of aliphatic carboxylic acids is 1. The summed E-state index contributed by atoms with van der Waals surface area (Å²) >= 11 is 0. The first kappa shape index (κ1) is 11.5. The second kappa shape index (κ2) is 6.03. The van der Waals surface area contributed by atoms with Crippen LogP contribution in [-0.2, 0) is 14.3 Å². The van der Waals surface area contributed by atoms with Gasteiger partial charge in [0.2, 0.25) is 5.91 Å². The van der Waals surface area contributed by atoms with Gasteiger partial charge >= 0.3 is 5.97 Å². The largest absolute Gasteiger partial charge is 0.480 e. The Hall–Kier alpha value is -1.54. The van der Waals surface area contributed by atoms with Gasteiger partial charge in [-0.1, -0.05) is 5.92 Å². The van der Waals surface area contributed by atoms with Crippen molar-refractivity contribution in [3.05, 3.63) is 0 Å². The lowest BCUT2D eigenvalue weighted by Crippen LogP contribution is -2.43. The van der Waals surface area contributed by atoms with Gasteiger partial charge in [-0.25, -0.2) is 4.79 Å². The number of hydrogen-bond acceptors (Lipinski definition) is 3. The molecule has 0 spiro atoms. The molecule has 0 aliphatic rings. The van der Waals surface area contributed by atoms with Crippen LogP contribution < -0.4 is 5.32 Å². The predicted molar refractivity (Wildman–Crippen MR) is 44.9 cm³/mol. The first-order valence-electron chi connectivity index (χ1n) is 3.59. The lowest BCUT2D eigenvalue weighted by molar-refractivity contribution is -0.143. The normalized spacial score (nSPS) is 11.4. The highest BCUT2D eigenvalue weighted by molar-refractivity contribution is 5.82. The summed E-state index contributed by atoms with van der Waals surface area (Å²) in [5, 5.41) is 10.8. The first-order chi connectivity index (χ1) is 6.07. The van der Waals surface area contributed by atoms with Crippen LogP contribution in [-0.4, -0.2) is 36.2 Å². The van der Waals surface area contributed by atoms with Crippen molar-refractivity contribution in [3.8, 4) is 12.3 Å². The topological polar surface area (TPSA) is 75.6 Å². The molecule has 0 aromatic carbocycles.